The van der Waals surface area contributed by atoms with E-state index in [0.29, 0.717) is 17.1 Å². The predicted molar refractivity (Wildman–Crippen MR) is 124 cm³/mol. The Morgan fingerprint density at radius 3 is 2.47 bits per heavy atom. The number of hydrogen-bond acceptors (Lipinski definition) is 5. The van der Waals surface area contributed by atoms with Gasteiger partial charge in [-0.1, -0.05) is 32.0 Å². The first-order chi connectivity index (χ1) is 15.3. The van der Waals surface area contributed by atoms with E-state index in [0.717, 1.165) is 27.6 Å². The van der Waals surface area contributed by atoms with Gasteiger partial charge in [-0.15, -0.1) is 11.3 Å². The summed E-state index contributed by atoms with van der Waals surface area (Å²) < 4.78 is 43.3. The minimum absolute atomic E-state index is 0.130. The monoisotopic (exact) mass is 490 g/mol. The van der Waals surface area contributed by atoms with Crippen LogP contribution in [0, 0.1) is 11.6 Å². The van der Waals surface area contributed by atoms with E-state index < -0.39 is 27.5 Å². The highest BCUT2D eigenvalue weighted by molar-refractivity contribution is 7.86. The van der Waals surface area contributed by atoms with Gasteiger partial charge in [0.25, 0.3) is 0 Å². The van der Waals surface area contributed by atoms with Gasteiger partial charge in [0.05, 0.1) is 21.3 Å². The Balaban J connectivity index is 1.73. The van der Waals surface area contributed by atoms with Crippen molar-refractivity contribution in [1.82, 2.24) is 15.0 Å². The molecule has 2 aromatic heterocycles. The fraction of sp³-hybridized carbons (Fsp3) is 0.136. The summed E-state index contributed by atoms with van der Waals surface area (Å²) >= 11 is 7.49. The van der Waals surface area contributed by atoms with Crippen molar-refractivity contribution in [2.24, 2.45) is 0 Å². The van der Waals surface area contributed by atoms with Crippen LogP contribution in [0.15, 0.2) is 59.6 Å². The third-order valence-corrected chi connectivity index (χ3v) is 7.19. The lowest BCUT2D eigenvalue weighted by Gasteiger charge is -2.09. The molecule has 0 radical (unpaired) electrons. The number of halogens is 3. The van der Waals surface area contributed by atoms with Gasteiger partial charge in [0, 0.05) is 23.4 Å². The van der Waals surface area contributed by atoms with E-state index in [1.165, 1.54) is 17.4 Å². The largest absolute Gasteiger partial charge is 0.301 e. The maximum absolute atomic E-state index is 14.0. The molecule has 164 valence electrons. The number of benzene rings is 2. The van der Waals surface area contributed by atoms with Crippen molar-refractivity contribution in [3.05, 3.63) is 76.7 Å². The summed E-state index contributed by atoms with van der Waals surface area (Å²) in [6.45, 7) is 4.09. The fourth-order valence-corrected chi connectivity index (χ4v) is 5.10. The van der Waals surface area contributed by atoms with E-state index in [1.54, 1.807) is 30.5 Å². The molecule has 0 fully saturated rings. The van der Waals surface area contributed by atoms with Gasteiger partial charge >= 0.3 is 0 Å². The van der Waals surface area contributed by atoms with E-state index in [2.05, 4.69) is 14.7 Å². The van der Waals surface area contributed by atoms with Gasteiger partial charge in [-0.05, 0) is 41.9 Å². The SMILES string of the molecule is CC(C)c1nc(-c2cccc(NS(=O)c3c(F)cccc3F)c2)c(-c2ccnc(Cl)n2)s1. The average Bonchev–Trinajstić information content (AvgIpc) is 3.20. The van der Waals surface area contributed by atoms with E-state index in [-0.39, 0.29) is 11.2 Å². The van der Waals surface area contributed by atoms with Gasteiger partial charge in [-0.3, -0.25) is 0 Å². The highest BCUT2D eigenvalue weighted by Gasteiger charge is 2.20. The first-order valence-corrected chi connectivity index (χ1v) is 11.9. The summed E-state index contributed by atoms with van der Waals surface area (Å²) in [5, 5.41) is 1.05. The molecule has 0 amide bonds. The molecule has 0 saturated carbocycles. The van der Waals surface area contributed by atoms with Crippen molar-refractivity contribution in [3.63, 3.8) is 0 Å². The minimum atomic E-state index is -2.12. The van der Waals surface area contributed by atoms with E-state index in [9.17, 15) is 13.0 Å². The van der Waals surface area contributed by atoms with Crippen molar-refractivity contribution >= 4 is 39.6 Å². The van der Waals surface area contributed by atoms with Crippen molar-refractivity contribution in [3.8, 4) is 21.8 Å². The number of anilines is 1. The molecule has 4 rings (SSSR count). The number of hydrogen-bond donors (Lipinski definition) is 1. The molecule has 5 nitrogen and oxygen atoms in total. The molecule has 10 heteroatoms. The van der Waals surface area contributed by atoms with Crippen molar-refractivity contribution in [2.45, 2.75) is 24.7 Å². The second-order valence-electron chi connectivity index (χ2n) is 7.10. The van der Waals surface area contributed by atoms with Crippen molar-refractivity contribution < 1.29 is 13.0 Å². The lowest BCUT2D eigenvalue weighted by atomic mass is 10.1. The summed E-state index contributed by atoms with van der Waals surface area (Å²) in [5.74, 6) is -1.56. The van der Waals surface area contributed by atoms with Crippen LogP contribution in [-0.2, 0) is 11.0 Å². The van der Waals surface area contributed by atoms with E-state index in [4.69, 9.17) is 16.6 Å². The summed E-state index contributed by atoms with van der Waals surface area (Å²) in [7, 11) is -2.12. The maximum atomic E-state index is 14.0. The average molecular weight is 491 g/mol. The predicted octanol–water partition coefficient (Wildman–Crippen LogP) is 6.46. The second kappa shape index (κ2) is 9.40. The molecule has 4 aromatic rings. The highest BCUT2D eigenvalue weighted by atomic mass is 35.5. The lowest BCUT2D eigenvalue weighted by Crippen LogP contribution is -2.09. The first kappa shape index (κ1) is 22.4. The molecule has 2 aromatic carbocycles. The van der Waals surface area contributed by atoms with Crippen molar-refractivity contribution in [1.29, 1.82) is 0 Å². The molecule has 2 heterocycles. The van der Waals surface area contributed by atoms with Crippen LogP contribution in [0.4, 0.5) is 14.5 Å². The third kappa shape index (κ3) is 4.69. The zero-order valence-corrected chi connectivity index (χ0v) is 19.4. The van der Waals surface area contributed by atoms with Crippen LogP contribution >= 0.6 is 22.9 Å². The number of nitrogens with one attached hydrogen (secondary N) is 1. The molecule has 1 unspecified atom stereocenters. The Morgan fingerprint density at radius 2 is 1.78 bits per heavy atom. The summed E-state index contributed by atoms with van der Waals surface area (Å²) in [6, 6.07) is 12.1. The van der Waals surface area contributed by atoms with E-state index >= 15 is 0 Å². The molecular weight excluding hydrogens is 474 g/mol. The number of thiazole rings is 1. The van der Waals surface area contributed by atoms with Crippen LogP contribution in [0.25, 0.3) is 21.8 Å². The van der Waals surface area contributed by atoms with Crippen molar-refractivity contribution in [2.75, 3.05) is 4.72 Å². The fourth-order valence-electron chi connectivity index (χ4n) is 2.96. The molecular formula is C22H17ClF2N4OS2. The van der Waals surface area contributed by atoms with Crippen LogP contribution in [0.5, 0.6) is 0 Å². The molecule has 0 spiro atoms. The maximum Gasteiger partial charge on any atom is 0.222 e. The van der Waals surface area contributed by atoms with Gasteiger partial charge in [0.2, 0.25) is 5.28 Å². The Bertz CT molecular complexity index is 1290. The normalized spacial score (nSPS) is 12.2. The van der Waals surface area contributed by atoms with Gasteiger partial charge in [0.15, 0.2) is 11.0 Å². The standard InChI is InChI=1S/C22H17ClF2N4OS2/c1-12(2)21-28-18(19(31-21)17-9-10-26-22(23)27-17)13-5-3-6-14(11-13)29-32(30)20-15(24)7-4-8-16(20)25/h3-12,29H,1-2H3. The van der Waals surface area contributed by atoms with Gasteiger partial charge in [-0.2, -0.15) is 0 Å². The number of rotatable bonds is 6. The molecule has 0 aliphatic heterocycles. The smallest absolute Gasteiger partial charge is 0.222 e. The van der Waals surface area contributed by atoms with Crippen LogP contribution in [0.1, 0.15) is 24.8 Å². The number of nitrogens with zero attached hydrogens (tertiary/aromatic N) is 3. The van der Waals surface area contributed by atoms with Gasteiger partial charge in [-0.25, -0.2) is 27.9 Å². The topological polar surface area (TPSA) is 67.8 Å². The Morgan fingerprint density at radius 1 is 1.06 bits per heavy atom. The van der Waals surface area contributed by atoms with E-state index in [1.807, 2.05) is 19.9 Å². The Hall–Kier alpha value is -2.75. The lowest BCUT2D eigenvalue weighted by molar-refractivity contribution is 0.535. The zero-order chi connectivity index (χ0) is 22.8. The Labute approximate surface area is 195 Å². The second-order valence-corrected chi connectivity index (χ2v) is 9.62. The number of aromatic nitrogens is 3. The Kier molecular flexibility index (Phi) is 6.59. The quantitative estimate of drug-likeness (QED) is 0.315. The van der Waals surface area contributed by atoms with Crippen LogP contribution in [0.3, 0.4) is 0 Å². The van der Waals surface area contributed by atoms with Crippen LogP contribution < -0.4 is 4.72 Å². The van der Waals surface area contributed by atoms with Gasteiger partial charge in [0.1, 0.15) is 16.5 Å². The first-order valence-electron chi connectivity index (χ1n) is 9.56. The molecule has 1 N–H and O–H groups in total. The molecule has 0 aliphatic carbocycles. The third-order valence-electron chi connectivity index (χ3n) is 4.45. The molecule has 0 bridgehead atoms. The molecule has 0 saturated heterocycles. The summed E-state index contributed by atoms with van der Waals surface area (Å²) in [6.07, 6.45) is 1.58. The summed E-state index contributed by atoms with van der Waals surface area (Å²) in [5.41, 5.74) is 2.47. The molecule has 0 aliphatic rings. The van der Waals surface area contributed by atoms with Crippen LogP contribution in [0.2, 0.25) is 5.28 Å². The molecule has 1 atom stereocenters. The molecule has 32 heavy (non-hydrogen) atoms. The zero-order valence-electron chi connectivity index (χ0n) is 17.0. The minimum Gasteiger partial charge on any atom is -0.301 e. The highest BCUT2D eigenvalue weighted by Crippen LogP contribution is 2.39. The summed E-state index contributed by atoms with van der Waals surface area (Å²) in [4.78, 5) is 13.3. The van der Waals surface area contributed by atoms with Gasteiger partial charge < -0.3 is 4.72 Å². The van der Waals surface area contributed by atoms with Crippen LogP contribution in [-0.4, -0.2) is 19.2 Å².